The molecule has 0 radical (unpaired) electrons. The molecule has 3 heteroatoms. The molecule has 0 bridgehead atoms. The Morgan fingerprint density at radius 2 is 2.50 bits per heavy atom. The van der Waals surface area contributed by atoms with E-state index in [1.165, 1.54) is 18.6 Å². The molecule has 0 saturated heterocycles. The molecule has 0 unspecified atom stereocenters. The highest BCUT2D eigenvalue weighted by Crippen LogP contribution is 2.00. The summed E-state index contributed by atoms with van der Waals surface area (Å²) < 4.78 is 4.68. The number of carbonyl (C=O) groups is 1. The second-order valence-electron chi connectivity index (χ2n) is 1.71. The van der Waals surface area contributed by atoms with Gasteiger partial charge in [-0.25, -0.2) is 0 Å². The van der Waals surface area contributed by atoms with Crippen LogP contribution in [0, 0.1) is 0 Å². The number of carboxylic acid groups (broad SMARTS) is 1. The van der Waals surface area contributed by atoms with Crippen LogP contribution in [0.3, 0.4) is 0 Å². The Balaban J connectivity index is 2.64. The van der Waals surface area contributed by atoms with Crippen molar-refractivity contribution in [1.29, 1.82) is 0 Å². The van der Waals surface area contributed by atoms with Crippen LogP contribution in [0.1, 0.15) is 5.56 Å². The summed E-state index contributed by atoms with van der Waals surface area (Å²) >= 11 is 0. The van der Waals surface area contributed by atoms with Gasteiger partial charge in [0, 0.05) is 5.56 Å². The van der Waals surface area contributed by atoms with E-state index in [4.69, 9.17) is 0 Å². The zero-order valence-electron chi connectivity index (χ0n) is 5.11. The van der Waals surface area contributed by atoms with Crippen LogP contribution < -0.4 is 5.11 Å². The molecule has 3 nitrogen and oxygen atoms in total. The van der Waals surface area contributed by atoms with Gasteiger partial charge >= 0.3 is 0 Å². The monoisotopic (exact) mass is 137 g/mol. The molecule has 0 saturated carbocycles. The second kappa shape index (κ2) is 2.87. The SMILES string of the molecule is O=C([O-])/C=C/c1ccoc1. The van der Waals surface area contributed by atoms with Crippen molar-refractivity contribution in [3.05, 3.63) is 30.2 Å². The van der Waals surface area contributed by atoms with Crippen LogP contribution in [0.2, 0.25) is 0 Å². The van der Waals surface area contributed by atoms with Gasteiger partial charge < -0.3 is 14.3 Å². The lowest BCUT2D eigenvalue weighted by molar-refractivity contribution is -0.297. The lowest BCUT2D eigenvalue weighted by Crippen LogP contribution is -2.18. The lowest BCUT2D eigenvalue weighted by Gasteiger charge is -1.87. The van der Waals surface area contributed by atoms with Gasteiger partial charge in [0.25, 0.3) is 0 Å². The highest BCUT2D eigenvalue weighted by atomic mass is 16.4. The molecule has 1 heterocycles. The first-order valence-corrected chi connectivity index (χ1v) is 2.70. The fraction of sp³-hybridized carbons (Fsp3) is 0. The maximum absolute atomic E-state index is 9.87. The summed E-state index contributed by atoms with van der Waals surface area (Å²) in [6.07, 6.45) is 5.26. The third-order valence-corrected chi connectivity index (χ3v) is 0.955. The molecule has 0 N–H and O–H groups in total. The first kappa shape index (κ1) is 6.61. The molecule has 0 aliphatic heterocycles. The molecule has 0 atom stereocenters. The fourth-order valence-electron chi connectivity index (χ4n) is 0.534. The number of furan rings is 1. The average Bonchev–Trinajstić information content (AvgIpc) is 2.34. The predicted octanol–water partition coefficient (Wildman–Crippen LogP) is 0.0427. The summed E-state index contributed by atoms with van der Waals surface area (Å²) in [5.74, 6) is -1.21. The van der Waals surface area contributed by atoms with Gasteiger partial charge in [-0.05, 0) is 18.2 Å². The van der Waals surface area contributed by atoms with Gasteiger partial charge in [-0.1, -0.05) is 0 Å². The standard InChI is InChI=1S/C7H6O3/c8-7(9)2-1-6-3-4-10-5-6/h1-5H,(H,8,9)/p-1/b2-1+. The molecule has 1 aromatic heterocycles. The van der Waals surface area contributed by atoms with E-state index in [-0.39, 0.29) is 0 Å². The van der Waals surface area contributed by atoms with E-state index >= 15 is 0 Å². The molecule has 1 rings (SSSR count). The quantitative estimate of drug-likeness (QED) is 0.541. The Hall–Kier alpha value is -1.51. The number of rotatable bonds is 2. The first-order valence-electron chi connectivity index (χ1n) is 2.70. The van der Waals surface area contributed by atoms with E-state index in [0.717, 1.165) is 6.08 Å². The summed E-state index contributed by atoms with van der Waals surface area (Å²) in [6, 6.07) is 1.65. The van der Waals surface area contributed by atoms with Gasteiger partial charge in [-0.15, -0.1) is 0 Å². The van der Waals surface area contributed by atoms with E-state index in [1.807, 2.05) is 0 Å². The van der Waals surface area contributed by atoms with Crippen LogP contribution in [-0.4, -0.2) is 5.97 Å². The molecule has 1 aromatic rings. The normalized spacial score (nSPS) is 10.4. The van der Waals surface area contributed by atoms with Gasteiger partial charge in [0.1, 0.15) is 0 Å². The van der Waals surface area contributed by atoms with Crippen molar-refractivity contribution in [3.8, 4) is 0 Å². The molecule has 0 aliphatic rings. The first-order chi connectivity index (χ1) is 4.79. The van der Waals surface area contributed by atoms with Crippen molar-refractivity contribution < 1.29 is 14.3 Å². The van der Waals surface area contributed by atoms with Crippen LogP contribution >= 0.6 is 0 Å². The van der Waals surface area contributed by atoms with Crippen LogP contribution in [-0.2, 0) is 4.79 Å². The summed E-state index contributed by atoms with van der Waals surface area (Å²) in [7, 11) is 0. The largest absolute Gasteiger partial charge is 0.545 e. The van der Waals surface area contributed by atoms with Crippen molar-refractivity contribution in [2.45, 2.75) is 0 Å². The molecule has 0 spiro atoms. The highest BCUT2D eigenvalue weighted by molar-refractivity contribution is 5.83. The number of carboxylic acids is 1. The highest BCUT2D eigenvalue weighted by Gasteiger charge is 1.84. The fourth-order valence-corrected chi connectivity index (χ4v) is 0.534. The number of aliphatic carboxylic acids is 1. The van der Waals surface area contributed by atoms with Crippen LogP contribution in [0.25, 0.3) is 6.08 Å². The van der Waals surface area contributed by atoms with Crippen molar-refractivity contribution in [1.82, 2.24) is 0 Å². The molecule has 52 valence electrons. The minimum Gasteiger partial charge on any atom is -0.545 e. The number of carbonyl (C=O) groups excluding carboxylic acids is 1. The minimum absolute atomic E-state index is 0.712. The smallest absolute Gasteiger partial charge is 0.0974 e. The van der Waals surface area contributed by atoms with Gasteiger partial charge in [0.05, 0.1) is 18.5 Å². The topological polar surface area (TPSA) is 53.3 Å². The predicted molar refractivity (Wildman–Crippen MR) is 32.7 cm³/mol. The van der Waals surface area contributed by atoms with Crippen LogP contribution in [0.5, 0.6) is 0 Å². The number of hydrogen-bond donors (Lipinski definition) is 0. The third kappa shape index (κ3) is 1.78. The molecule has 0 fully saturated rings. The van der Waals surface area contributed by atoms with Crippen molar-refractivity contribution in [2.75, 3.05) is 0 Å². The van der Waals surface area contributed by atoms with E-state index in [0.29, 0.717) is 5.56 Å². The molecular formula is C7H5O3-. The average molecular weight is 137 g/mol. The molecule has 0 aromatic carbocycles. The van der Waals surface area contributed by atoms with E-state index in [9.17, 15) is 9.90 Å². The van der Waals surface area contributed by atoms with E-state index in [2.05, 4.69) is 4.42 Å². The third-order valence-electron chi connectivity index (χ3n) is 0.955. The Bertz CT molecular complexity index is 233. The van der Waals surface area contributed by atoms with Crippen molar-refractivity contribution in [2.24, 2.45) is 0 Å². The minimum atomic E-state index is -1.21. The summed E-state index contributed by atoms with van der Waals surface area (Å²) in [4.78, 5) is 9.87. The Labute approximate surface area is 57.6 Å². The van der Waals surface area contributed by atoms with Crippen molar-refractivity contribution >= 4 is 12.0 Å². The second-order valence-corrected chi connectivity index (χ2v) is 1.71. The van der Waals surface area contributed by atoms with Crippen molar-refractivity contribution in [3.63, 3.8) is 0 Å². The Morgan fingerprint density at radius 3 is 3.00 bits per heavy atom. The van der Waals surface area contributed by atoms with Crippen LogP contribution in [0.4, 0.5) is 0 Å². The zero-order chi connectivity index (χ0) is 7.40. The van der Waals surface area contributed by atoms with Crippen LogP contribution in [0.15, 0.2) is 29.1 Å². The van der Waals surface area contributed by atoms with Gasteiger partial charge in [-0.2, -0.15) is 0 Å². The van der Waals surface area contributed by atoms with E-state index < -0.39 is 5.97 Å². The molecule has 0 aliphatic carbocycles. The maximum atomic E-state index is 9.87. The molecule has 0 amide bonds. The van der Waals surface area contributed by atoms with Gasteiger partial charge in [-0.3, -0.25) is 0 Å². The van der Waals surface area contributed by atoms with E-state index in [1.54, 1.807) is 6.07 Å². The maximum Gasteiger partial charge on any atom is 0.0974 e. The zero-order valence-corrected chi connectivity index (χ0v) is 5.11. The summed E-state index contributed by atoms with van der Waals surface area (Å²) in [6.45, 7) is 0. The number of hydrogen-bond acceptors (Lipinski definition) is 3. The summed E-state index contributed by atoms with van der Waals surface area (Å²) in [5, 5.41) is 9.87. The van der Waals surface area contributed by atoms with Gasteiger partial charge in [0.2, 0.25) is 0 Å². The molecule has 10 heavy (non-hydrogen) atoms. The Kier molecular flexibility index (Phi) is 1.89. The molecular weight excluding hydrogens is 132 g/mol. The summed E-state index contributed by atoms with van der Waals surface area (Å²) in [5.41, 5.74) is 0.712. The lowest BCUT2D eigenvalue weighted by atomic mass is 10.3. The van der Waals surface area contributed by atoms with Gasteiger partial charge in [0.15, 0.2) is 0 Å². The Morgan fingerprint density at radius 1 is 1.70 bits per heavy atom.